The summed E-state index contributed by atoms with van der Waals surface area (Å²) in [6.45, 7) is 0. The van der Waals surface area contributed by atoms with Gasteiger partial charge in [-0.2, -0.15) is 13.2 Å². The summed E-state index contributed by atoms with van der Waals surface area (Å²) in [6.07, 6.45) is -1.08. The first-order valence-electron chi connectivity index (χ1n) is 4.67. The summed E-state index contributed by atoms with van der Waals surface area (Å²) in [5, 5.41) is 0.444. The third-order valence-corrected chi connectivity index (χ3v) is 2.89. The normalized spacial score (nSPS) is 11.7. The number of alkyl halides is 3. The Morgan fingerprint density at radius 3 is 2.41 bits per heavy atom. The van der Waals surface area contributed by atoms with E-state index in [9.17, 15) is 13.2 Å². The van der Waals surface area contributed by atoms with Crippen molar-refractivity contribution in [2.45, 2.75) is 12.6 Å². The third kappa shape index (κ3) is 2.94. The molecular weight excluding hydrogens is 251 g/mol. The Morgan fingerprint density at radius 1 is 1.18 bits per heavy atom. The monoisotopic (exact) mass is 259 g/mol. The standard InChI is InChI=1S/C10H8F3N3S/c11-10(12,13)8-2-1-6(4-15-8)3-7-5-16-9(14)17-7/h1-2,4-5H,3H2,(H2,14,16). The van der Waals surface area contributed by atoms with Crippen molar-refractivity contribution in [3.63, 3.8) is 0 Å². The van der Waals surface area contributed by atoms with E-state index < -0.39 is 11.9 Å². The number of rotatable bonds is 2. The van der Waals surface area contributed by atoms with E-state index in [0.717, 1.165) is 10.9 Å². The average Bonchev–Trinajstić information content (AvgIpc) is 2.63. The van der Waals surface area contributed by atoms with Crippen molar-refractivity contribution in [3.8, 4) is 0 Å². The first-order valence-corrected chi connectivity index (χ1v) is 5.49. The molecule has 0 aliphatic carbocycles. The van der Waals surface area contributed by atoms with Crippen LogP contribution in [0.15, 0.2) is 24.5 Å². The molecular formula is C10H8F3N3S. The zero-order valence-electron chi connectivity index (χ0n) is 8.53. The molecule has 0 atom stereocenters. The molecule has 0 saturated carbocycles. The van der Waals surface area contributed by atoms with Crippen molar-refractivity contribution in [1.82, 2.24) is 9.97 Å². The summed E-state index contributed by atoms with van der Waals surface area (Å²) in [5.74, 6) is 0. The molecule has 2 N–H and O–H groups in total. The van der Waals surface area contributed by atoms with E-state index in [2.05, 4.69) is 9.97 Å². The van der Waals surface area contributed by atoms with E-state index in [1.807, 2.05) is 0 Å². The summed E-state index contributed by atoms with van der Waals surface area (Å²) in [6, 6.07) is 2.38. The molecule has 0 aliphatic rings. The van der Waals surface area contributed by atoms with Crippen molar-refractivity contribution >= 4 is 16.5 Å². The molecule has 0 amide bonds. The molecule has 90 valence electrons. The van der Waals surface area contributed by atoms with Crippen LogP contribution in [0.3, 0.4) is 0 Å². The van der Waals surface area contributed by atoms with Gasteiger partial charge in [-0.05, 0) is 11.6 Å². The largest absolute Gasteiger partial charge is 0.433 e. The maximum atomic E-state index is 12.3. The van der Waals surface area contributed by atoms with Gasteiger partial charge in [0.2, 0.25) is 0 Å². The Balaban J connectivity index is 2.13. The van der Waals surface area contributed by atoms with Gasteiger partial charge >= 0.3 is 6.18 Å². The number of nitrogens with zero attached hydrogens (tertiary/aromatic N) is 2. The molecule has 3 nitrogen and oxygen atoms in total. The molecule has 2 heterocycles. The van der Waals surface area contributed by atoms with Gasteiger partial charge in [0.15, 0.2) is 5.13 Å². The number of halogens is 3. The van der Waals surface area contributed by atoms with Crippen LogP contribution in [-0.2, 0) is 12.6 Å². The van der Waals surface area contributed by atoms with Crippen LogP contribution in [0.1, 0.15) is 16.1 Å². The van der Waals surface area contributed by atoms with E-state index in [1.165, 1.54) is 23.6 Å². The van der Waals surface area contributed by atoms with Gasteiger partial charge in [-0.1, -0.05) is 6.07 Å². The molecule has 0 fully saturated rings. The predicted molar refractivity (Wildman–Crippen MR) is 58.6 cm³/mol. The van der Waals surface area contributed by atoms with Crippen LogP contribution >= 0.6 is 11.3 Å². The van der Waals surface area contributed by atoms with Crippen molar-refractivity contribution in [1.29, 1.82) is 0 Å². The number of thiazole rings is 1. The lowest BCUT2D eigenvalue weighted by Gasteiger charge is -2.05. The molecule has 0 radical (unpaired) electrons. The van der Waals surface area contributed by atoms with Gasteiger partial charge < -0.3 is 5.73 Å². The summed E-state index contributed by atoms with van der Waals surface area (Å²) < 4.78 is 36.8. The second-order valence-corrected chi connectivity index (χ2v) is 4.54. The first-order chi connectivity index (χ1) is 7.95. The Hall–Kier alpha value is -1.63. The van der Waals surface area contributed by atoms with Gasteiger partial charge in [-0.25, -0.2) is 4.98 Å². The first kappa shape index (κ1) is 11.8. The Kier molecular flexibility index (Phi) is 3.01. The lowest BCUT2D eigenvalue weighted by Crippen LogP contribution is -2.07. The molecule has 0 bridgehead atoms. The number of hydrogen-bond donors (Lipinski definition) is 1. The fourth-order valence-corrected chi connectivity index (χ4v) is 2.02. The molecule has 7 heteroatoms. The summed E-state index contributed by atoms with van der Waals surface area (Å²) in [7, 11) is 0. The highest BCUT2D eigenvalue weighted by molar-refractivity contribution is 7.15. The average molecular weight is 259 g/mol. The van der Waals surface area contributed by atoms with Crippen LogP contribution in [0.4, 0.5) is 18.3 Å². The van der Waals surface area contributed by atoms with Crippen LogP contribution in [0.5, 0.6) is 0 Å². The highest BCUT2D eigenvalue weighted by Crippen LogP contribution is 2.27. The number of nitrogen functional groups attached to an aromatic ring is 1. The minimum atomic E-state index is -4.40. The summed E-state index contributed by atoms with van der Waals surface area (Å²) in [5.41, 5.74) is 5.27. The number of anilines is 1. The fourth-order valence-electron chi connectivity index (χ4n) is 1.30. The van der Waals surface area contributed by atoms with Gasteiger partial charge in [0.05, 0.1) is 0 Å². The molecule has 0 saturated heterocycles. The van der Waals surface area contributed by atoms with Gasteiger partial charge in [0, 0.05) is 23.7 Å². The quantitative estimate of drug-likeness (QED) is 0.902. The highest BCUT2D eigenvalue weighted by atomic mass is 32.1. The lowest BCUT2D eigenvalue weighted by molar-refractivity contribution is -0.141. The number of aromatic nitrogens is 2. The molecule has 0 unspecified atom stereocenters. The molecule has 17 heavy (non-hydrogen) atoms. The van der Waals surface area contributed by atoms with Gasteiger partial charge in [0.25, 0.3) is 0 Å². The zero-order chi connectivity index (χ0) is 12.5. The second-order valence-electron chi connectivity index (χ2n) is 3.39. The van der Waals surface area contributed by atoms with Gasteiger partial charge in [-0.15, -0.1) is 11.3 Å². The van der Waals surface area contributed by atoms with E-state index >= 15 is 0 Å². The predicted octanol–water partition coefficient (Wildman–Crippen LogP) is 2.73. The van der Waals surface area contributed by atoms with Gasteiger partial charge in [-0.3, -0.25) is 4.98 Å². The van der Waals surface area contributed by atoms with E-state index in [-0.39, 0.29) is 0 Å². The summed E-state index contributed by atoms with van der Waals surface area (Å²) in [4.78, 5) is 8.14. The topological polar surface area (TPSA) is 51.8 Å². The van der Waals surface area contributed by atoms with Crippen molar-refractivity contribution in [2.75, 3.05) is 5.73 Å². The molecule has 0 spiro atoms. The number of hydrogen-bond acceptors (Lipinski definition) is 4. The minimum absolute atomic E-state index is 0.444. The summed E-state index contributed by atoms with van der Waals surface area (Å²) >= 11 is 1.31. The molecule has 2 aromatic rings. The minimum Gasteiger partial charge on any atom is -0.375 e. The third-order valence-electron chi connectivity index (χ3n) is 2.06. The smallest absolute Gasteiger partial charge is 0.375 e. The van der Waals surface area contributed by atoms with E-state index in [1.54, 1.807) is 6.20 Å². The maximum Gasteiger partial charge on any atom is 0.433 e. The second kappa shape index (κ2) is 4.33. The fraction of sp³-hybridized carbons (Fsp3) is 0.200. The molecule has 2 rings (SSSR count). The zero-order valence-corrected chi connectivity index (χ0v) is 9.35. The number of pyridine rings is 1. The van der Waals surface area contributed by atoms with Crippen LogP contribution in [-0.4, -0.2) is 9.97 Å². The Bertz CT molecular complexity index is 504. The SMILES string of the molecule is Nc1ncc(Cc2ccc(C(F)(F)F)nc2)s1. The van der Waals surface area contributed by atoms with Crippen LogP contribution in [0.25, 0.3) is 0 Å². The molecule has 0 aliphatic heterocycles. The molecule has 0 aromatic carbocycles. The number of nitrogens with two attached hydrogens (primary N) is 1. The molecule has 2 aromatic heterocycles. The van der Waals surface area contributed by atoms with Crippen molar-refractivity contribution in [2.24, 2.45) is 0 Å². The van der Waals surface area contributed by atoms with Crippen molar-refractivity contribution < 1.29 is 13.2 Å². The van der Waals surface area contributed by atoms with Crippen molar-refractivity contribution in [3.05, 3.63) is 40.7 Å². The van der Waals surface area contributed by atoms with Crippen LogP contribution < -0.4 is 5.73 Å². The Morgan fingerprint density at radius 2 is 1.94 bits per heavy atom. The highest BCUT2D eigenvalue weighted by Gasteiger charge is 2.31. The van der Waals surface area contributed by atoms with Crippen LogP contribution in [0.2, 0.25) is 0 Å². The lowest BCUT2D eigenvalue weighted by atomic mass is 10.2. The van der Waals surface area contributed by atoms with E-state index in [4.69, 9.17) is 5.73 Å². The maximum absolute atomic E-state index is 12.3. The van der Waals surface area contributed by atoms with Crippen LogP contribution in [0, 0.1) is 0 Å². The Labute approximate surface area is 99.1 Å². The van der Waals surface area contributed by atoms with Gasteiger partial charge in [0.1, 0.15) is 5.69 Å². The van der Waals surface area contributed by atoms with E-state index in [0.29, 0.717) is 17.1 Å².